The number of methoxy groups -OCH3 is 1. The molecule has 2 nitrogen and oxygen atoms in total. The maximum absolute atomic E-state index is 6.15. The average molecular weight is 373 g/mol. The molecule has 0 fully saturated rings. The highest BCUT2D eigenvalue weighted by atomic mass is 79.9. The highest BCUT2D eigenvalue weighted by Gasteiger charge is 2.22. The van der Waals surface area contributed by atoms with Gasteiger partial charge >= 0.3 is 0 Å². The first-order chi connectivity index (χ1) is 9.67. The van der Waals surface area contributed by atoms with E-state index in [-0.39, 0.29) is 0 Å². The van der Waals surface area contributed by atoms with Crippen LogP contribution in [0.3, 0.4) is 0 Å². The third-order valence-corrected chi connectivity index (χ3v) is 5.54. The predicted molar refractivity (Wildman–Crippen MR) is 89.3 cm³/mol. The van der Waals surface area contributed by atoms with Gasteiger partial charge in [0.2, 0.25) is 0 Å². The lowest BCUT2D eigenvalue weighted by molar-refractivity contribution is 0.412. The molecule has 3 rings (SSSR count). The molecule has 1 heterocycles. The normalized spacial score (nSPS) is 17.6. The van der Waals surface area contributed by atoms with Crippen molar-refractivity contribution in [2.24, 2.45) is 0 Å². The molecule has 1 unspecified atom stereocenters. The fourth-order valence-electron chi connectivity index (χ4n) is 2.63. The molecule has 1 aromatic carbocycles. The summed E-state index contributed by atoms with van der Waals surface area (Å²) in [5, 5.41) is 3.60. The number of anilines is 1. The minimum Gasteiger partial charge on any atom is -0.496 e. The highest BCUT2D eigenvalue weighted by Crippen LogP contribution is 2.40. The van der Waals surface area contributed by atoms with Gasteiger partial charge in [-0.2, -0.15) is 0 Å². The van der Waals surface area contributed by atoms with Gasteiger partial charge in [-0.1, -0.05) is 11.6 Å². The molecule has 20 heavy (non-hydrogen) atoms. The van der Waals surface area contributed by atoms with Crippen molar-refractivity contribution in [2.75, 3.05) is 12.4 Å². The van der Waals surface area contributed by atoms with E-state index in [1.54, 1.807) is 18.4 Å². The molecular weight excluding hydrogens is 358 g/mol. The molecule has 0 aliphatic heterocycles. The zero-order valence-electron chi connectivity index (χ0n) is 11.1. The molecule has 0 bridgehead atoms. The van der Waals surface area contributed by atoms with Crippen molar-refractivity contribution in [3.05, 3.63) is 43.5 Å². The zero-order chi connectivity index (χ0) is 14.1. The molecule has 2 aromatic rings. The molecule has 1 atom stereocenters. The van der Waals surface area contributed by atoms with E-state index in [1.165, 1.54) is 16.9 Å². The number of nitrogens with one attached hydrogen (secondary N) is 1. The van der Waals surface area contributed by atoms with Crippen molar-refractivity contribution in [3.63, 3.8) is 0 Å². The molecule has 1 aromatic heterocycles. The lowest BCUT2D eigenvalue weighted by atomic mass is 9.94. The molecule has 1 aliphatic carbocycles. The van der Waals surface area contributed by atoms with E-state index < -0.39 is 0 Å². The van der Waals surface area contributed by atoms with E-state index in [1.807, 2.05) is 12.1 Å². The second-order valence-corrected chi connectivity index (χ2v) is 7.49. The summed E-state index contributed by atoms with van der Waals surface area (Å²) < 4.78 is 7.11. The Labute approximate surface area is 136 Å². The first-order valence-corrected chi connectivity index (χ1v) is 8.54. The zero-order valence-corrected chi connectivity index (χ0v) is 14.2. The number of ether oxygens (including phenoxy) is 1. The number of thiophene rings is 1. The summed E-state index contributed by atoms with van der Waals surface area (Å²) in [4.78, 5) is 1.42. The summed E-state index contributed by atoms with van der Waals surface area (Å²) in [7, 11) is 1.67. The van der Waals surface area contributed by atoms with Gasteiger partial charge in [0.25, 0.3) is 0 Å². The lowest BCUT2D eigenvalue weighted by Gasteiger charge is -2.25. The lowest BCUT2D eigenvalue weighted by Crippen LogP contribution is -2.15. The fourth-order valence-corrected chi connectivity index (χ4v) is 4.55. The van der Waals surface area contributed by atoms with Crippen LogP contribution in [0.25, 0.3) is 0 Å². The van der Waals surface area contributed by atoms with Crippen LogP contribution in [0, 0.1) is 0 Å². The van der Waals surface area contributed by atoms with E-state index in [2.05, 4.69) is 33.4 Å². The van der Waals surface area contributed by atoms with Crippen LogP contribution in [0.1, 0.15) is 29.3 Å². The Bertz CT molecular complexity index is 628. The summed E-state index contributed by atoms with van der Waals surface area (Å²) >= 11 is 11.4. The Morgan fingerprint density at radius 2 is 2.25 bits per heavy atom. The second kappa shape index (κ2) is 5.96. The molecule has 0 radical (unpaired) electrons. The van der Waals surface area contributed by atoms with E-state index in [9.17, 15) is 0 Å². The summed E-state index contributed by atoms with van der Waals surface area (Å²) in [6.07, 6.45) is 3.50. The van der Waals surface area contributed by atoms with Crippen molar-refractivity contribution in [1.82, 2.24) is 0 Å². The van der Waals surface area contributed by atoms with Gasteiger partial charge in [-0.3, -0.25) is 0 Å². The quantitative estimate of drug-likeness (QED) is 0.750. The number of aryl methyl sites for hydroxylation is 1. The summed E-state index contributed by atoms with van der Waals surface area (Å²) in [5.41, 5.74) is 2.45. The van der Waals surface area contributed by atoms with Gasteiger partial charge in [-0.25, -0.2) is 0 Å². The smallest absolute Gasteiger partial charge is 0.133 e. The van der Waals surface area contributed by atoms with Crippen molar-refractivity contribution in [2.45, 2.75) is 25.3 Å². The van der Waals surface area contributed by atoms with Crippen molar-refractivity contribution < 1.29 is 4.74 Å². The van der Waals surface area contributed by atoms with E-state index in [0.717, 1.165) is 33.1 Å². The third kappa shape index (κ3) is 2.83. The Hall–Kier alpha value is -0.710. The van der Waals surface area contributed by atoms with E-state index >= 15 is 0 Å². The van der Waals surface area contributed by atoms with Crippen molar-refractivity contribution in [1.29, 1.82) is 0 Å². The Kier molecular flexibility index (Phi) is 4.24. The summed E-state index contributed by atoms with van der Waals surface area (Å²) in [6, 6.07) is 8.53. The number of hydrogen-bond acceptors (Lipinski definition) is 3. The Balaban J connectivity index is 1.83. The van der Waals surface area contributed by atoms with Crippen molar-refractivity contribution in [3.8, 4) is 5.75 Å². The minimum atomic E-state index is 0.350. The Morgan fingerprint density at radius 1 is 1.40 bits per heavy atom. The molecule has 0 spiro atoms. The standard InChI is InChI=1S/C15H15BrClNOS/c1-19-13-6-5-9(7-11(13)16)18-12-3-2-4-14-10(12)8-15(17)20-14/h5-8,12,18H,2-4H2,1H3. The topological polar surface area (TPSA) is 21.3 Å². The third-order valence-electron chi connectivity index (χ3n) is 3.58. The molecule has 106 valence electrons. The first-order valence-electron chi connectivity index (χ1n) is 6.55. The fraction of sp³-hybridized carbons (Fsp3) is 0.333. The molecule has 1 N–H and O–H groups in total. The molecule has 1 aliphatic rings. The van der Waals surface area contributed by atoms with Crippen LogP contribution in [-0.2, 0) is 6.42 Å². The molecule has 0 saturated carbocycles. The van der Waals surface area contributed by atoms with E-state index in [0.29, 0.717) is 6.04 Å². The molecule has 5 heteroatoms. The van der Waals surface area contributed by atoms with Gasteiger partial charge in [0, 0.05) is 10.6 Å². The highest BCUT2D eigenvalue weighted by molar-refractivity contribution is 9.10. The largest absolute Gasteiger partial charge is 0.496 e. The number of fused-ring (bicyclic) bond motifs is 1. The van der Waals surface area contributed by atoms with Crippen LogP contribution < -0.4 is 10.1 Å². The minimum absolute atomic E-state index is 0.350. The average Bonchev–Trinajstić information content (AvgIpc) is 2.80. The van der Waals surface area contributed by atoms with Crippen molar-refractivity contribution >= 4 is 44.6 Å². The van der Waals surface area contributed by atoms with Crippen LogP contribution in [0.15, 0.2) is 28.7 Å². The number of halogens is 2. The summed E-state index contributed by atoms with van der Waals surface area (Å²) in [5.74, 6) is 0.846. The van der Waals surface area contributed by atoms with Gasteiger partial charge in [-0.05, 0) is 65.0 Å². The van der Waals surface area contributed by atoms with Crippen LogP contribution in [0.5, 0.6) is 5.75 Å². The van der Waals surface area contributed by atoms with Crippen LogP contribution >= 0.6 is 38.9 Å². The number of benzene rings is 1. The first kappa shape index (κ1) is 14.2. The molecule has 0 amide bonds. The van der Waals surface area contributed by atoms with Gasteiger partial charge < -0.3 is 10.1 Å². The maximum atomic E-state index is 6.15. The number of hydrogen-bond donors (Lipinski definition) is 1. The van der Waals surface area contributed by atoms with Gasteiger partial charge in [0.1, 0.15) is 5.75 Å². The van der Waals surface area contributed by atoms with Gasteiger partial charge in [-0.15, -0.1) is 11.3 Å². The van der Waals surface area contributed by atoms with Gasteiger partial charge in [0.05, 0.1) is 22.0 Å². The summed E-state index contributed by atoms with van der Waals surface area (Å²) in [6.45, 7) is 0. The van der Waals surface area contributed by atoms with Gasteiger partial charge in [0.15, 0.2) is 0 Å². The van der Waals surface area contributed by atoms with E-state index in [4.69, 9.17) is 16.3 Å². The predicted octanol–water partition coefficient (Wildman–Crippen LogP) is 5.66. The monoisotopic (exact) mass is 371 g/mol. The maximum Gasteiger partial charge on any atom is 0.133 e. The second-order valence-electron chi connectivity index (χ2n) is 4.87. The molecular formula is C15H15BrClNOS. The van der Waals surface area contributed by atoms with Crippen LogP contribution in [0.2, 0.25) is 4.34 Å². The SMILES string of the molecule is COc1ccc(NC2CCCc3sc(Cl)cc32)cc1Br. The van der Waals surface area contributed by atoms with Crippen LogP contribution in [-0.4, -0.2) is 7.11 Å². The van der Waals surface area contributed by atoms with Crippen LogP contribution in [0.4, 0.5) is 5.69 Å². The number of rotatable bonds is 3. The Morgan fingerprint density at radius 3 is 3.00 bits per heavy atom. The molecule has 0 saturated heterocycles.